The second-order valence-electron chi connectivity index (χ2n) is 6.44. The van der Waals surface area contributed by atoms with Gasteiger partial charge in [-0.3, -0.25) is 14.5 Å². The number of morpholine rings is 1. The maximum absolute atomic E-state index is 12.5. The van der Waals surface area contributed by atoms with Crippen LogP contribution in [0.5, 0.6) is 0 Å². The van der Waals surface area contributed by atoms with Crippen molar-refractivity contribution in [1.82, 2.24) is 4.90 Å². The molecule has 0 radical (unpaired) electrons. The Morgan fingerprint density at radius 2 is 1.81 bits per heavy atom. The molecule has 0 bridgehead atoms. The van der Waals surface area contributed by atoms with E-state index >= 15 is 0 Å². The number of nitrogens with one attached hydrogen (secondary N) is 1. The van der Waals surface area contributed by atoms with Crippen molar-refractivity contribution in [1.29, 1.82) is 0 Å². The third kappa shape index (κ3) is 6.16. The summed E-state index contributed by atoms with van der Waals surface area (Å²) in [5.41, 5.74) is 2.20. The van der Waals surface area contributed by atoms with Gasteiger partial charge < -0.3 is 10.1 Å². The predicted octanol–water partition coefficient (Wildman–Crippen LogP) is 3.24. The quantitative estimate of drug-likeness (QED) is 0.605. The van der Waals surface area contributed by atoms with Crippen LogP contribution in [-0.4, -0.2) is 49.4 Å². The normalized spacial score (nSPS) is 15.0. The van der Waals surface area contributed by atoms with Crippen LogP contribution in [0.3, 0.4) is 0 Å². The minimum absolute atomic E-state index is 0.0809. The van der Waals surface area contributed by atoms with Crippen LogP contribution in [0.2, 0.25) is 0 Å². The maximum Gasteiger partial charge on any atom is 0.248 e. The SMILES string of the molecule is O=C(/C=C/c1ccccc1)Nc1cccc(C(=O)CCN2CCOCC2)c1. The fourth-order valence-corrected chi connectivity index (χ4v) is 2.92. The molecule has 1 heterocycles. The van der Waals surface area contributed by atoms with Crippen molar-refractivity contribution < 1.29 is 14.3 Å². The molecule has 0 spiro atoms. The molecule has 27 heavy (non-hydrogen) atoms. The highest BCUT2D eigenvalue weighted by atomic mass is 16.5. The highest BCUT2D eigenvalue weighted by molar-refractivity contribution is 6.03. The molecule has 1 aliphatic rings. The highest BCUT2D eigenvalue weighted by Crippen LogP contribution is 2.13. The average Bonchev–Trinajstić information content (AvgIpc) is 2.72. The Bertz CT molecular complexity index is 796. The third-order valence-electron chi connectivity index (χ3n) is 4.44. The molecule has 2 aromatic rings. The fraction of sp³-hybridized carbons (Fsp3) is 0.273. The predicted molar refractivity (Wildman–Crippen MR) is 107 cm³/mol. The van der Waals surface area contributed by atoms with Gasteiger partial charge in [0.1, 0.15) is 0 Å². The molecule has 0 aliphatic carbocycles. The molecule has 5 nitrogen and oxygen atoms in total. The van der Waals surface area contributed by atoms with E-state index in [1.54, 1.807) is 30.3 Å². The van der Waals surface area contributed by atoms with Crippen molar-refractivity contribution in [2.45, 2.75) is 6.42 Å². The maximum atomic E-state index is 12.5. The van der Waals surface area contributed by atoms with Crippen LogP contribution >= 0.6 is 0 Å². The van der Waals surface area contributed by atoms with Crippen LogP contribution in [0.25, 0.3) is 6.08 Å². The lowest BCUT2D eigenvalue weighted by molar-refractivity contribution is -0.111. The summed E-state index contributed by atoms with van der Waals surface area (Å²) in [7, 11) is 0. The van der Waals surface area contributed by atoms with E-state index in [1.807, 2.05) is 30.3 Å². The number of carbonyl (C=O) groups is 2. The number of ether oxygens (including phenoxy) is 1. The second-order valence-corrected chi connectivity index (χ2v) is 6.44. The third-order valence-corrected chi connectivity index (χ3v) is 4.44. The lowest BCUT2D eigenvalue weighted by Crippen LogP contribution is -2.37. The van der Waals surface area contributed by atoms with E-state index in [4.69, 9.17) is 4.74 Å². The average molecular weight is 364 g/mol. The Kier molecular flexibility index (Phi) is 6.90. The number of ketones is 1. The van der Waals surface area contributed by atoms with E-state index in [0.29, 0.717) is 17.7 Å². The van der Waals surface area contributed by atoms with Gasteiger partial charge in [-0.2, -0.15) is 0 Å². The molecule has 1 fully saturated rings. The number of Topliss-reactive ketones (excluding diaryl/α,β-unsaturated/α-hetero) is 1. The van der Waals surface area contributed by atoms with Crippen LogP contribution in [0.15, 0.2) is 60.7 Å². The Morgan fingerprint density at radius 3 is 2.59 bits per heavy atom. The van der Waals surface area contributed by atoms with Gasteiger partial charge in [0.05, 0.1) is 13.2 Å². The van der Waals surface area contributed by atoms with E-state index in [0.717, 1.165) is 38.4 Å². The minimum Gasteiger partial charge on any atom is -0.379 e. The van der Waals surface area contributed by atoms with E-state index in [-0.39, 0.29) is 11.7 Å². The van der Waals surface area contributed by atoms with Crippen molar-refractivity contribution in [2.24, 2.45) is 0 Å². The van der Waals surface area contributed by atoms with Gasteiger partial charge in [-0.1, -0.05) is 42.5 Å². The smallest absolute Gasteiger partial charge is 0.248 e. The number of anilines is 1. The number of nitrogens with zero attached hydrogens (tertiary/aromatic N) is 1. The largest absolute Gasteiger partial charge is 0.379 e. The van der Waals surface area contributed by atoms with Gasteiger partial charge in [0.2, 0.25) is 5.91 Å². The molecule has 3 rings (SSSR count). The summed E-state index contributed by atoms with van der Waals surface area (Å²) in [4.78, 5) is 26.8. The van der Waals surface area contributed by atoms with Crippen molar-refractivity contribution in [3.63, 3.8) is 0 Å². The number of carbonyl (C=O) groups excluding carboxylic acids is 2. The minimum atomic E-state index is -0.225. The lowest BCUT2D eigenvalue weighted by atomic mass is 10.1. The van der Waals surface area contributed by atoms with Gasteiger partial charge in [0.15, 0.2) is 5.78 Å². The first-order valence-corrected chi connectivity index (χ1v) is 9.18. The van der Waals surface area contributed by atoms with Crippen LogP contribution < -0.4 is 5.32 Å². The van der Waals surface area contributed by atoms with Crippen LogP contribution in [0, 0.1) is 0 Å². The lowest BCUT2D eigenvalue weighted by Gasteiger charge is -2.26. The summed E-state index contributed by atoms with van der Waals surface area (Å²) in [6, 6.07) is 16.7. The molecular formula is C22H24N2O3. The number of benzene rings is 2. The molecule has 1 amide bonds. The summed E-state index contributed by atoms with van der Waals surface area (Å²) >= 11 is 0. The Morgan fingerprint density at radius 1 is 1.04 bits per heavy atom. The zero-order valence-electron chi connectivity index (χ0n) is 15.3. The molecule has 0 saturated carbocycles. The molecule has 1 N–H and O–H groups in total. The van der Waals surface area contributed by atoms with Crippen molar-refractivity contribution in [2.75, 3.05) is 38.2 Å². The summed E-state index contributed by atoms with van der Waals surface area (Å²) in [5.74, 6) is -0.144. The second kappa shape index (κ2) is 9.80. The first kappa shape index (κ1) is 19.0. The summed E-state index contributed by atoms with van der Waals surface area (Å²) in [6.07, 6.45) is 3.71. The van der Waals surface area contributed by atoms with E-state index < -0.39 is 0 Å². The number of hydrogen-bond acceptors (Lipinski definition) is 4. The van der Waals surface area contributed by atoms with Gasteiger partial charge in [-0.05, 0) is 23.8 Å². The zero-order valence-corrected chi connectivity index (χ0v) is 15.3. The summed E-state index contributed by atoms with van der Waals surface area (Å²) in [5, 5.41) is 2.81. The summed E-state index contributed by atoms with van der Waals surface area (Å²) < 4.78 is 5.32. The van der Waals surface area contributed by atoms with E-state index in [1.165, 1.54) is 6.08 Å². The van der Waals surface area contributed by atoms with Crippen molar-refractivity contribution in [3.8, 4) is 0 Å². The number of rotatable bonds is 7. The Balaban J connectivity index is 1.53. The van der Waals surface area contributed by atoms with Crippen molar-refractivity contribution in [3.05, 3.63) is 71.8 Å². The topological polar surface area (TPSA) is 58.6 Å². The van der Waals surface area contributed by atoms with Gasteiger partial charge in [0.25, 0.3) is 0 Å². The molecular weight excluding hydrogens is 340 g/mol. The van der Waals surface area contributed by atoms with E-state index in [9.17, 15) is 9.59 Å². The van der Waals surface area contributed by atoms with Crippen LogP contribution in [0.1, 0.15) is 22.3 Å². The zero-order chi connectivity index (χ0) is 18.9. The molecule has 0 atom stereocenters. The fourth-order valence-electron chi connectivity index (χ4n) is 2.92. The monoisotopic (exact) mass is 364 g/mol. The van der Waals surface area contributed by atoms with Gasteiger partial charge >= 0.3 is 0 Å². The summed E-state index contributed by atoms with van der Waals surface area (Å²) in [6.45, 7) is 3.94. The number of amides is 1. The first-order chi connectivity index (χ1) is 13.2. The Hall–Kier alpha value is -2.76. The number of hydrogen-bond donors (Lipinski definition) is 1. The van der Waals surface area contributed by atoms with Gasteiger partial charge in [0, 0.05) is 43.4 Å². The standard InChI is InChI=1S/C22H24N2O3/c25-21(11-12-24-13-15-27-16-14-24)19-7-4-8-20(17-19)23-22(26)10-9-18-5-2-1-3-6-18/h1-10,17H,11-16H2,(H,23,26)/b10-9+. The molecule has 2 aromatic carbocycles. The molecule has 1 aliphatic heterocycles. The molecule has 5 heteroatoms. The van der Waals surface area contributed by atoms with E-state index in [2.05, 4.69) is 10.2 Å². The molecule has 140 valence electrons. The molecule has 0 aromatic heterocycles. The van der Waals surface area contributed by atoms with Crippen LogP contribution in [-0.2, 0) is 9.53 Å². The molecule has 1 saturated heterocycles. The molecule has 0 unspecified atom stereocenters. The van der Waals surface area contributed by atoms with Crippen LogP contribution in [0.4, 0.5) is 5.69 Å². The van der Waals surface area contributed by atoms with Crippen molar-refractivity contribution >= 4 is 23.5 Å². The van der Waals surface area contributed by atoms with Gasteiger partial charge in [-0.15, -0.1) is 0 Å². The highest BCUT2D eigenvalue weighted by Gasteiger charge is 2.13. The Labute approximate surface area is 159 Å². The van der Waals surface area contributed by atoms with Gasteiger partial charge in [-0.25, -0.2) is 0 Å². The first-order valence-electron chi connectivity index (χ1n) is 9.18.